The third-order valence-corrected chi connectivity index (χ3v) is 2.82. The smallest absolute Gasteiger partial charge is 0.221 e. The average Bonchev–Trinajstić information content (AvgIpc) is 2.25. The Morgan fingerprint density at radius 2 is 2.17 bits per heavy atom. The number of rotatable bonds is 4. The predicted molar refractivity (Wildman–Crippen MR) is 70.7 cm³/mol. The third kappa shape index (κ3) is 4.79. The van der Waals surface area contributed by atoms with Crippen LogP contribution in [0.25, 0.3) is 0 Å². The van der Waals surface area contributed by atoms with E-state index in [2.05, 4.69) is 15.3 Å². The van der Waals surface area contributed by atoms with Gasteiger partial charge in [-0.25, -0.2) is 9.97 Å². The van der Waals surface area contributed by atoms with Gasteiger partial charge in [-0.3, -0.25) is 4.79 Å². The molecule has 1 aromatic rings. The Bertz CT molecular complexity index is 412. The molecule has 0 spiro atoms. The van der Waals surface area contributed by atoms with Crippen molar-refractivity contribution in [2.75, 3.05) is 0 Å². The normalized spacial score (nSPS) is 13.2. The summed E-state index contributed by atoms with van der Waals surface area (Å²) in [5.41, 5.74) is 6.70. The Morgan fingerprint density at radius 1 is 1.50 bits per heavy atom. The number of nitrogens with one attached hydrogen (secondary N) is 1. The lowest BCUT2D eigenvalue weighted by Gasteiger charge is -2.26. The van der Waals surface area contributed by atoms with Crippen molar-refractivity contribution in [2.45, 2.75) is 46.7 Å². The van der Waals surface area contributed by atoms with Crippen LogP contribution >= 0.6 is 0 Å². The van der Waals surface area contributed by atoms with E-state index in [0.29, 0.717) is 18.8 Å². The summed E-state index contributed by atoms with van der Waals surface area (Å²) in [5, 5.41) is 2.82. The number of aryl methyl sites for hydroxylation is 1. The fourth-order valence-electron chi connectivity index (χ4n) is 1.37. The molecule has 0 aromatic carbocycles. The fourth-order valence-corrected chi connectivity index (χ4v) is 1.37. The number of hydrogen-bond donors (Lipinski definition) is 2. The highest BCUT2D eigenvalue weighted by molar-refractivity contribution is 5.76. The number of nitrogens with two attached hydrogens (primary N) is 1. The van der Waals surface area contributed by atoms with Gasteiger partial charge in [-0.15, -0.1) is 0 Å². The minimum absolute atomic E-state index is 0.0475. The minimum Gasteiger partial charge on any atom is -0.350 e. The number of aromatic nitrogens is 2. The van der Waals surface area contributed by atoms with Crippen molar-refractivity contribution in [1.29, 1.82) is 0 Å². The molecule has 1 aromatic heterocycles. The molecular weight excluding hydrogens is 228 g/mol. The van der Waals surface area contributed by atoms with Gasteiger partial charge in [-0.05, 0) is 18.4 Å². The topological polar surface area (TPSA) is 80.9 Å². The lowest BCUT2D eigenvalue weighted by molar-refractivity contribution is -0.122. The van der Waals surface area contributed by atoms with Crippen LogP contribution in [0.4, 0.5) is 0 Å². The van der Waals surface area contributed by atoms with Crippen molar-refractivity contribution < 1.29 is 4.79 Å². The van der Waals surface area contributed by atoms with Gasteiger partial charge >= 0.3 is 0 Å². The van der Waals surface area contributed by atoms with Gasteiger partial charge in [0, 0.05) is 18.7 Å². The number of carbonyl (C=O) groups excluding carboxylic acids is 1. The van der Waals surface area contributed by atoms with E-state index < -0.39 is 0 Å². The van der Waals surface area contributed by atoms with E-state index in [0.717, 1.165) is 5.69 Å². The molecule has 0 aliphatic carbocycles. The maximum atomic E-state index is 11.7. The first kappa shape index (κ1) is 14.6. The van der Waals surface area contributed by atoms with Gasteiger partial charge in [0.1, 0.15) is 5.82 Å². The van der Waals surface area contributed by atoms with E-state index in [1.165, 1.54) is 0 Å². The molecule has 1 heterocycles. The van der Waals surface area contributed by atoms with Crippen LogP contribution in [0, 0.1) is 12.3 Å². The summed E-state index contributed by atoms with van der Waals surface area (Å²) in [6, 6.07) is 1.64. The molecule has 0 saturated carbocycles. The van der Waals surface area contributed by atoms with Gasteiger partial charge in [0.25, 0.3) is 0 Å². The molecule has 0 aliphatic rings. The van der Waals surface area contributed by atoms with Crippen LogP contribution in [-0.4, -0.2) is 21.9 Å². The molecule has 18 heavy (non-hydrogen) atoms. The van der Waals surface area contributed by atoms with E-state index in [1.807, 2.05) is 27.7 Å². The van der Waals surface area contributed by atoms with Crippen LogP contribution < -0.4 is 11.1 Å². The van der Waals surface area contributed by atoms with Crippen molar-refractivity contribution in [3.8, 4) is 0 Å². The van der Waals surface area contributed by atoms with Crippen LogP contribution in [0.15, 0.2) is 12.3 Å². The Kier molecular flexibility index (Phi) is 4.78. The van der Waals surface area contributed by atoms with Crippen LogP contribution in [0.3, 0.4) is 0 Å². The average molecular weight is 250 g/mol. The Labute approximate surface area is 108 Å². The molecule has 0 bridgehead atoms. The second-order valence-electron chi connectivity index (χ2n) is 5.55. The van der Waals surface area contributed by atoms with E-state index in [4.69, 9.17) is 5.73 Å². The number of amides is 1. The lowest BCUT2D eigenvalue weighted by atomic mass is 9.85. The zero-order valence-corrected chi connectivity index (χ0v) is 11.5. The largest absolute Gasteiger partial charge is 0.350 e. The van der Waals surface area contributed by atoms with Crippen LogP contribution in [0.1, 0.15) is 38.7 Å². The Hall–Kier alpha value is -1.49. The van der Waals surface area contributed by atoms with Gasteiger partial charge in [0.05, 0.1) is 12.2 Å². The van der Waals surface area contributed by atoms with E-state index in [-0.39, 0.29) is 17.4 Å². The van der Waals surface area contributed by atoms with Crippen molar-refractivity contribution in [1.82, 2.24) is 15.3 Å². The monoisotopic (exact) mass is 250 g/mol. The van der Waals surface area contributed by atoms with Crippen molar-refractivity contribution in [2.24, 2.45) is 11.1 Å². The summed E-state index contributed by atoms with van der Waals surface area (Å²) in [6.45, 7) is 8.32. The zero-order valence-electron chi connectivity index (χ0n) is 11.5. The molecule has 0 fully saturated rings. The molecule has 0 radical (unpaired) electrons. The van der Waals surface area contributed by atoms with Crippen molar-refractivity contribution >= 4 is 5.91 Å². The highest BCUT2D eigenvalue weighted by Gasteiger charge is 2.22. The van der Waals surface area contributed by atoms with Gasteiger partial charge in [0.2, 0.25) is 5.91 Å². The molecule has 1 atom stereocenters. The first-order valence-corrected chi connectivity index (χ1v) is 6.10. The summed E-state index contributed by atoms with van der Waals surface area (Å²) in [5.74, 6) is 0.654. The van der Waals surface area contributed by atoms with E-state index in [1.54, 1.807) is 12.3 Å². The zero-order chi connectivity index (χ0) is 13.8. The van der Waals surface area contributed by atoms with Crippen LogP contribution in [-0.2, 0) is 11.3 Å². The SMILES string of the molecule is Cc1nccc(CNC(=O)CC(N)C(C)(C)C)n1. The van der Waals surface area contributed by atoms with Gasteiger partial charge < -0.3 is 11.1 Å². The number of hydrogen-bond acceptors (Lipinski definition) is 4. The molecule has 5 heteroatoms. The molecule has 0 aliphatic heterocycles. The standard InChI is InChI=1S/C13H22N4O/c1-9-15-6-5-10(17-9)8-16-12(18)7-11(14)13(2,3)4/h5-6,11H,7-8,14H2,1-4H3,(H,16,18). The van der Waals surface area contributed by atoms with E-state index >= 15 is 0 Å². The molecule has 1 unspecified atom stereocenters. The fraction of sp³-hybridized carbons (Fsp3) is 0.615. The number of nitrogens with zero attached hydrogens (tertiary/aromatic N) is 2. The molecule has 0 saturated heterocycles. The highest BCUT2D eigenvalue weighted by atomic mass is 16.1. The third-order valence-electron chi connectivity index (χ3n) is 2.82. The van der Waals surface area contributed by atoms with Crippen molar-refractivity contribution in [3.05, 3.63) is 23.8 Å². The van der Waals surface area contributed by atoms with E-state index in [9.17, 15) is 4.79 Å². The summed E-state index contributed by atoms with van der Waals surface area (Å²) < 4.78 is 0. The molecule has 3 N–H and O–H groups in total. The second kappa shape index (κ2) is 5.91. The van der Waals surface area contributed by atoms with Gasteiger partial charge in [-0.2, -0.15) is 0 Å². The summed E-state index contributed by atoms with van der Waals surface area (Å²) in [4.78, 5) is 19.9. The Balaban J connectivity index is 2.42. The minimum atomic E-state index is -0.148. The van der Waals surface area contributed by atoms with Gasteiger partial charge in [-0.1, -0.05) is 20.8 Å². The summed E-state index contributed by atoms with van der Waals surface area (Å²) in [7, 11) is 0. The predicted octanol–water partition coefficient (Wildman–Crippen LogP) is 1.16. The maximum Gasteiger partial charge on any atom is 0.221 e. The molecule has 1 rings (SSSR count). The first-order valence-electron chi connectivity index (χ1n) is 6.10. The number of carbonyl (C=O) groups is 1. The highest BCUT2D eigenvalue weighted by Crippen LogP contribution is 2.19. The van der Waals surface area contributed by atoms with Crippen LogP contribution in [0.2, 0.25) is 0 Å². The summed E-state index contributed by atoms with van der Waals surface area (Å²) in [6.07, 6.45) is 2.01. The second-order valence-corrected chi connectivity index (χ2v) is 5.55. The Morgan fingerprint density at radius 3 is 2.72 bits per heavy atom. The van der Waals surface area contributed by atoms with Gasteiger partial charge in [0.15, 0.2) is 0 Å². The molecular formula is C13H22N4O. The molecule has 5 nitrogen and oxygen atoms in total. The molecule has 1 amide bonds. The van der Waals surface area contributed by atoms with Crippen molar-refractivity contribution in [3.63, 3.8) is 0 Å². The first-order chi connectivity index (χ1) is 8.29. The lowest BCUT2D eigenvalue weighted by Crippen LogP contribution is -2.40. The quantitative estimate of drug-likeness (QED) is 0.840. The summed E-state index contributed by atoms with van der Waals surface area (Å²) >= 11 is 0. The maximum absolute atomic E-state index is 11.7. The van der Waals surface area contributed by atoms with Crippen LogP contribution in [0.5, 0.6) is 0 Å². The molecule has 100 valence electrons.